The number of benzene rings is 4. The molecule has 4 atom stereocenters. The Labute approximate surface area is 377 Å². The molecule has 4 aromatic carbocycles. The maximum absolute atomic E-state index is 14.0. The second-order valence-electron chi connectivity index (χ2n) is 15.8. The topological polar surface area (TPSA) is 196 Å². The summed E-state index contributed by atoms with van der Waals surface area (Å²) in [6, 6.07) is 23.1. The van der Waals surface area contributed by atoms with Gasteiger partial charge < -0.3 is 40.5 Å². The first kappa shape index (κ1) is 55.7. The number of aliphatic hydroxyl groups excluding tert-OH is 2. The van der Waals surface area contributed by atoms with Gasteiger partial charge in [-0.3, -0.25) is 9.59 Å². The molecule has 0 heterocycles. The molecule has 0 bridgehead atoms. The molecule has 18 heteroatoms. The number of carbonyl (C=O) groups is 2. The van der Waals surface area contributed by atoms with Gasteiger partial charge in [-0.15, -0.1) is 0 Å². The monoisotopic (exact) mass is 952 g/mol. The zero-order chi connectivity index (χ0) is 45.4. The number of halogens is 5. The highest BCUT2D eigenvalue weighted by molar-refractivity contribution is 9.10. The van der Waals surface area contributed by atoms with Crippen molar-refractivity contribution in [2.75, 3.05) is 13.2 Å². The number of carboxylic acid groups (broad SMARTS) is 2. The van der Waals surface area contributed by atoms with Crippen LogP contribution in [0.4, 0.5) is 8.78 Å². The molecule has 0 amide bonds. The van der Waals surface area contributed by atoms with Crippen LogP contribution in [0, 0.1) is 34.3 Å². The first-order valence-electron chi connectivity index (χ1n) is 19.2. The molecule has 0 aliphatic rings. The summed E-state index contributed by atoms with van der Waals surface area (Å²) in [4.78, 5) is 22.9. The lowest BCUT2D eigenvalue weighted by molar-refractivity contribution is -0.152. The average molecular weight is 954 g/mol. The van der Waals surface area contributed by atoms with E-state index in [1.807, 2.05) is 36.4 Å². The van der Waals surface area contributed by atoms with Crippen molar-refractivity contribution < 1.29 is 58.9 Å². The highest BCUT2D eigenvalue weighted by Gasteiger charge is 2.37. The molecule has 61 heavy (non-hydrogen) atoms. The van der Waals surface area contributed by atoms with Gasteiger partial charge in [0.05, 0.1) is 24.0 Å². The largest absolute Gasteiger partial charge is 0.491 e. The summed E-state index contributed by atoms with van der Waals surface area (Å²) in [6.07, 6.45) is 2.74. The van der Waals surface area contributed by atoms with E-state index in [1.54, 1.807) is 38.8 Å². The Morgan fingerprint density at radius 3 is 1.43 bits per heavy atom. The summed E-state index contributed by atoms with van der Waals surface area (Å²) < 4.78 is 27.7. The first-order chi connectivity index (χ1) is 28.0. The van der Waals surface area contributed by atoms with Crippen LogP contribution in [0.3, 0.4) is 0 Å². The van der Waals surface area contributed by atoms with E-state index in [0.717, 1.165) is 21.7 Å². The van der Waals surface area contributed by atoms with E-state index in [4.69, 9.17) is 33.2 Å². The van der Waals surface area contributed by atoms with E-state index >= 15 is 0 Å². The van der Waals surface area contributed by atoms with E-state index in [9.17, 15) is 48.8 Å². The molecule has 0 aromatic heterocycles. The fourth-order valence-corrected chi connectivity index (χ4v) is 7.31. The lowest BCUT2D eigenvalue weighted by Gasteiger charge is -2.28. The van der Waals surface area contributed by atoms with Crippen molar-refractivity contribution in [3.05, 3.63) is 122 Å². The standard InChI is InChI=1S/C21H25BClFO4.C15H22BBrO4.C6H5BClFO2.CH4/c1-21(13-25,20(26)27)11-15(12-22(2)28)9-14-3-5-16(6-4-14)18-10-17(23)7-8-19(18)24;1-15(10-18,14(19)20)8-12(9-16(2)21)7-11-3-5-13(17)6-4-11;8-4-1-2-6(9)5(3-4)7(10)11;/h3-8,10,15,25,28H,9,11-13H2,1-2H3,(H,26,27);3-6,12,18,21H,7-10H2,1-2H3,(H,19,20);1-3,10-11H;1H4/t15-,21+;12-,15+;;/m11../s1. The molecule has 332 valence electrons. The molecule has 0 aliphatic heterocycles. The lowest BCUT2D eigenvalue weighted by Crippen LogP contribution is -2.35. The first-order valence-corrected chi connectivity index (χ1v) is 20.7. The molecular weight excluding hydrogens is 898 g/mol. The smallest absolute Gasteiger partial charge is 0.481 e. The van der Waals surface area contributed by atoms with Crippen LogP contribution >= 0.6 is 39.1 Å². The summed E-state index contributed by atoms with van der Waals surface area (Å²) in [5.74, 6) is -3.22. The van der Waals surface area contributed by atoms with Crippen LogP contribution in [0.15, 0.2) is 89.4 Å². The normalized spacial score (nSPS) is 13.6. The summed E-state index contributed by atoms with van der Waals surface area (Å²) in [6.45, 7) is 4.47. The molecule has 4 rings (SSSR count). The molecule has 0 aliphatic carbocycles. The third kappa shape index (κ3) is 18.9. The predicted octanol–water partition coefficient (Wildman–Crippen LogP) is 7.88. The van der Waals surface area contributed by atoms with Crippen LogP contribution in [0.2, 0.25) is 36.3 Å². The maximum atomic E-state index is 14.0. The number of hydrogen-bond acceptors (Lipinski definition) is 8. The average Bonchev–Trinajstić information content (AvgIpc) is 3.17. The van der Waals surface area contributed by atoms with Crippen molar-refractivity contribution in [1.82, 2.24) is 0 Å². The summed E-state index contributed by atoms with van der Waals surface area (Å²) in [7, 11) is -1.81. The van der Waals surface area contributed by atoms with Gasteiger partial charge in [-0.1, -0.05) is 96.6 Å². The molecule has 10 nitrogen and oxygen atoms in total. The Hall–Kier alpha value is -3.31. The van der Waals surface area contributed by atoms with Crippen molar-refractivity contribution in [3.63, 3.8) is 0 Å². The van der Waals surface area contributed by atoms with Crippen molar-refractivity contribution in [3.8, 4) is 11.1 Å². The van der Waals surface area contributed by atoms with Gasteiger partial charge in [0.25, 0.3) is 13.8 Å². The molecule has 0 unspecified atom stereocenters. The van der Waals surface area contributed by atoms with Crippen LogP contribution < -0.4 is 5.46 Å². The Morgan fingerprint density at radius 1 is 0.672 bits per heavy atom. The van der Waals surface area contributed by atoms with Crippen molar-refractivity contribution in [2.45, 2.75) is 73.2 Å². The molecule has 0 spiro atoms. The maximum Gasteiger partial charge on any atom is 0.491 e. The van der Waals surface area contributed by atoms with E-state index < -0.39 is 62.7 Å². The van der Waals surface area contributed by atoms with Gasteiger partial charge in [0.1, 0.15) is 11.6 Å². The quantitative estimate of drug-likeness (QED) is 0.0455. The minimum Gasteiger partial charge on any atom is -0.481 e. The van der Waals surface area contributed by atoms with Gasteiger partial charge in [0.15, 0.2) is 0 Å². The van der Waals surface area contributed by atoms with E-state index in [-0.39, 0.29) is 42.0 Å². The molecule has 0 radical (unpaired) electrons. The van der Waals surface area contributed by atoms with Gasteiger partial charge in [0.2, 0.25) is 0 Å². The SMILES string of the molecule is C.CB(O)C[C@H](Cc1ccc(-c2cc(Cl)ccc2F)cc1)C[C@@](C)(CO)C(=O)O.CB(O)C[C@H](Cc1ccc(Br)cc1)C[C@@](C)(CO)C(=O)O.OB(O)c1cc(Cl)ccc1F. The number of rotatable bonds is 18. The Kier molecular flexibility index (Phi) is 24.1. The molecule has 0 saturated carbocycles. The van der Waals surface area contributed by atoms with Crippen LogP contribution in [0.5, 0.6) is 0 Å². The second kappa shape index (κ2) is 26.4. The zero-order valence-corrected chi connectivity index (χ0v) is 37.0. The number of aliphatic hydroxyl groups is 2. The van der Waals surface area contributed by atoms with Crippen LogP contribution in [-0.2, 0) is 22.4 Å². The van der Waals surface area contributed by atoms with Gasteiger partial charge >= 0.3 is 19.1 Å². The van der Waals surface area contributed by atoms with Crippen molar-refractivity contribution >= 4 is 77.5 Å². The minimum absolute atomic E-state index is 0. The van der Waals surface area contributed by atoms with Gasteiger partial charge in [-0.05, 0) is 129 Å². The van der Waals surface area contributed by atoms with Gasteiger partial charge in [-0.25, -0.2) is 8.78 Å². The third-order valence-electron chi connectivity index (χ3n) is 9.95. The summed E-state index contributed by atoms with van der Waals surface area (Å²) >= 11 is 14.8. The highest BCUT2D eigenvalue weighted by Crippen LogP contribution is 2.33. The molecule has 0 fully saturated rings. The Balaban J connectivity index is 0.000000495. The van der Waals surface area contributed by atoms with Crippen LogP contribution in [0.1, 0.15) is 45.2 Å². The summed E-state index contributed by atoms with van der Waals surface area (Å²) in [5, 5.41) is 75.0. The second-order valence-corrected chi connectivity index (χ2v) is 17.5. The van der Waals surface area contributed by atoms with Crippen LogP contribution in [0.25, 0.3) is 11.1 Å². The van der Waals surface area contributed by atoms with E-state index in [1.165, 1.54) is 31.2 Å². The number of aliphatic carboxylic acids is 2. The van der Waals surface area contributed by atoms with Gasteiger partial charge in [0, 0.05) is 25.5 Å². The van der Waals surface area contributed by atoms with Gasteiger partial charge in [-0.2, -0.15) is 0 Å². The minimum atomic E-state index is -1.81. The molecule has 4 aromatic rings. The lowest BCUT2D eigenvalue weighted by atomic mass is 9.60. The molecule has 0 saturated heterocycles. The third-order valence-corrected chi connectivity index (χ3v) is 10.9. The van der Waals surface area contributed by atoms with E-state index in [2.05, 4.69) is 15.9 Å². The zero-order valence-electron chi connectivity index (χ0n) is 33.9. The van der Waals surface area contributed by atoms with E-state index in [0.29, 0.717) is 48.1 Å². The number of carboxylic acids is 2. The summed E-state index contributed by atoms with van der Waals surface area (Å²) in [5.41, 5.74) is 0.507. The fraction of sp³-hybridized carbons (Fsp3) is 0.395. The fourth-order valence-electron chi connectivity index (χ4n) is 6.69. The number of hydrogen-bond donors (Lipinski definition) is 8. The Morgan fingerprint density at radius 2 is 1.07 bits per heavy atom. The predicted molar refractivity (Wildman–Crippen MR) is 246 cm³/mol. The van der Waals surface area contributed by atoms with Crippen molar-refractivity contribution in [1.29, 1.82) is 0 Å². The van der Waals surface area contributed by atoms with Crippen molar-refractivity contribution in [2.24, 2.45) is 22.7 Å². The Bertz CT molecular complexity index is 1970. The highest BCUT2D eigenvalue weighted by atomic mass is 79.9. The molecular formula is C43H56B3BrCl2F2O10. The van der Waals surface area contributed by atoms with Crippen LogP contribution in [-0.4, -0.2) is 86.6 Å². The molecule has 8 N–H and O–H groups in total.